The number of hydrogen-bond acceptors (Lipinski definition) is 4. The molecule has 0 radical (unpaired) electrons. The summed E-state index contributed by atoms with van der Waals surface area (Å²) in [6.07, 6.45) is 1.81. The Morgan fingerprint density at radius 3 is 2.27 bits per heavy atom. The van der Waals surface area contributed by atoms with Crippen molar-refractivity contribution in [1.29, 1.82) is 0 Å². The summed E-state index contributed by atoms with van der Waals surface area (Å²) < 4.78 is 5.65. The molecular formula is C26H28N2O5. The highest BCUT2D eigenvalue weighted by atomic mass is 16.5. The molecule has 0 aliphatic heterocycles. The smallest absolute Gasteiger partial charge is 0.407 e. The molecule has 3 N–H and O–H groups in total. The van der Waals surface area contributed by atoms with Crippen LogP contribution in [0.4, 0.5) is 4.79 Å². The van der Waals surface area contributed by atoms with Crippen LogP contribution in [-0.4, -0.2) is 41.8 Å². The van der Waals surface area contributed by atoms with Gasteiger partial charge in [0.25, 0.3) is 0 Å². The highest BCUT2D eigenvalue weighted by Gasteiger charge is 2.50. The van der Waals surface area contributed by atoms with Gasteiger partial charge < -0.3 is 20.5 Å². The van der Waals surface area contributed by atoms with Crippen LogP contribution in [0, 0.1) is 17.8 Å². The third-order valence-electron chi connectivity index (χ3n) is 7.57. The Morgan fingerprint density at radius 1 is 1.00 bits per heavy atom. The zero-order valence-corrected chi connectivity index (χ0v) is 18.5. The van der Waals surface area contributed by atoms with Gasteiger partial charge in [0.1, 0.15) is 12.6 Å². The minimum absolute atomic E-state index is 0.000322. The van der Waals surface area contributed by atoms with E-state index in [2.05, 4.69) is 34.9 Å². The van der Waals surface area contributed by atoms with Gasteiger partial charge in [-0.3, -0.25) is 9.59 Å². The highest BCUT2D eigenvalue weighted by molar-refractivity contribution is 5.85. The Bertz CT molecular complexity index is 1050. The summed E-state index contributed by atoms with van der Waals surface area (Å²) in [6, 6.07) is 15.6. The summed E-state index contributed by atoms with van der Waals surface area (Å²) in [7, 11) is 0. The number of ether oxygens (including phenoxy) is 1. The van der Waals surface area contributed by atoms with Crippen LogP contribution in [-0.2, 0) is 14.3 Å². The van der Waals surface area contributed by atoms with Crippen molar-refractivity contribution in [2.75, 3.05) is 6.61 Å². The van der Waals surface area contributed by atoms with Crippen molar-refractivity contribution in [3.8, 4) is 11.1 Å². The van der Waals surface area contributed by atoms with Crippen LogP contribution in [0.3, 0.4) is 0 Å². The van der Waals surface area contributed by atoms with Crippen molar-refractivity contribution in [2.45, 2.75) is 44.2 Å². The van der Waals surface area contributed by atoms with E-state index in [1.807, 2.05) is 24.3 Å². The van der Waals surface area contributed by atoms with E-state index in [1.165, 1.54) is 29.2 Å². The molecule has 33 heavy (non-hydrogen) atoms. The van der Waals surface area contributed by atoms with Gasteiger partial charge in [0.2, 0.25) is 5.91 Å². The summed E-state index contributed by atoms with van der Waals surface area (Å²) in [6.45, 7) is 1.74. The first-order chi connectivity index (χ1) is 15.9. The standard InChI is InChI=1S/C26H28N2O5/c1-14(25(30)31)27-24(29)16-10-15-12-23(21(15)11-16)28-26(32)33-13-22-19-8-4-2-6-17(19)18-7-3-5-9-20(18)22/h2-9,14-16,21-23H,10-13H2,1H3,(H,27,29)(H,28,32)(H,30,31). The number of benzene rings is 2. The molecule has 2 aromatic carbocycles. The van der Waals surface area contributed by atoms with E-state index < -0.39 is 18.1 Å². The third-order valence-corrected chi connectivity index (χ3v) is 7.57. The first kappa shape index (κ1) is 21.5. The number of nitrogens with one attached hydrogen (secondary N) is 2. The van der Waals surface area contributed by atoms with Crippen LogP contribution in [0.2, 0.25) is 0 Å². The van der Waals surface area contributed by atoms with Gasteiger partial charge in [-0.05, 0) is 60.3 Å². The molecule has 0 saturated heterocycles. The number of carboxylic acids is 1. The zero-order valence-electron chi connectivity index (χ0n) is 18.5. The summed E-state index contributed by atoms with van der Waals surface area (Å²) in [5.41, 5.74) is 4.73. The molecule has 5 unspecified atom stereocenters. The van der Waals surface area contributed by atoms with Gasteiger partial charge in [0, 0.05) is 17.9 Å². The maximum Gasteiger partial charge on any atom is 0.407 e. The van der Waals surface area contributed by atoms with E-state index in [0.29, 0.717) is 12.3 Å². The van der Waals surface area contributed by atoms with Crippen LogP contribution in [0.1, 0.15) is 43.2 Å². The molecule has 172 valence electrons. The number of carbonyl (C=O) groups excluding carboxylic acids is 2. The molecule has 3 aliphatic carbocycles. The fourth-order valence-electron chi connectivity index (χ4n) is 5.79. The number of rotatable bonds is 6. The number of fused-ring (bicyclic) bond motifs is 4. The molecular weight excluding hydrogens is 420 g/mol. The SMILES string of the molecule is CC(NC(=O)C1CC2CC(NC(=O)OCC3c4ccccc4-c4ccccc43)C2C1)C(=O)O. The molecule has 2 amide bonds. The lowest BCUT2D eigenvalue weighted by Crippen LogP contribution is -2.50. The molecule has 7 heteroatoms. The van der Waals surface area contributed by atoms with Gasteiger partial charge in [0.15, 0.2) is 0 Å². The van der Waals surface area contributed by atoms with Crippen molar-refractivity contribution in [3.63, 3.8) is 0 Å². The number of amides is 2. The van der Waals surface area contributed by atoms with Gasteiger partial charge in [-0.15, -0.1) is 0 Å². The van der Waals surface area contributed by atoms with E-state index in [4.69, 9.17) is 9.84 Å². The van der Waals surface area contributed by atoms with Gasteiger partial charge in [0.05, 0.1) is 0 Å². The van der Waals surface area contributed by atoms with E-state index in [-0.39, 0.29) is 36.3 Å². The maximum absolute atomic E-state index is 12.6. The van der Waals surface area contributed by atoms with Crippen LogP contribution in [0.5, 0.6) is 0 Å². The van der Waals surface area contributed by atoms with Gasteiger partial charge in [-0.1, -0.05) is 48.5 Å². The number of alkyl carbamates (subject to hydrolysis) is 1. The largest absolute Gasteiger partial charge is 0.480 e. The minimum atomic E-state index is -1.04. The second kappa shape index (κ2) is 8.54. The topological polar surface area (TPSA) is 105 Å². The lowest BCUT2D eigenvalue weighted by Gasteiger charge is -2.40. The number of carboxylic acid groups (broad SMARTS) is 1. The minimum Gasteiger partial charge on any atom is -0.480 e. The Morgan fingerprint density at radius 2 is 1.64 bits per heavy atom. The van der Waals surface area contributed by atoms with E-state index in [1.54, 1.807) is 0 Å². The Labute approximate surface area is 192 Å². The fraction of sp³-hybridized carbons (Fsp3) is 0.423. The van der Waals surface area contributed by atoms with Crippen molar-refractivity contribution in [1.82, 2.24) is 10.6 Å². The van der Waals surface area contributed by atoms with E-state index >= 15 is 0 Å². The quantitative estimate of drug-likeness (QED) is 0.627. The van der Waals surface area contributed by atoms with Gasteiger partial charge in [-0.25, -0.2) is 4.79 Å². The molecule has 5 atom stereocenters. The Hall–Kier alpha value is -3.35. The molecule has 5 rings (SSSR count). The summed E-state index contributed by atoms with van der Waals surface area (Å²) in [5, 5.41) is 14.5. The average Bonchev–Trinajstić information content (AvgIpc) is 3.31. The highest BCUT2D eigenvalue weighted by Crippen LogP contribution is 2.50. The van der Waals surface area contributed by atoms with Crippen LogP contribution < -0.4 is 10.6 Å². The lowest BCUT2D eigenvalue weighted by molar-refractivity contribution is -0.141. The molecule has 2 aromatic rings. The fourth-order valence-corrected chi connectivity index (χ4v) is 5.79. The normalized spacial score (nSPS) is 25.7. The van der Waals surface area contributed by atoms with E-state index in [0.717, 1.165) is 12.8 Å². The molecule has 0 bridgehead atoms. The monoisotopic (exact) mass is 448 g/mol. The lowest BCUT2D eigenvalue weighted by atomic mass is 9.71. The van der Waals surface area contributed by atoms with Crippen molar-refractivity contribution >= 4 is 18.0 Å². The predicted molar refractivity (Wildman–Crippen MR) is 122 cm³/mol. The van der Waals surface area contributed by atoms with E-state index in [9.17, 15) is 14.4 Å². The van der Waals surface area contributed by atoms with Crippen molar-refractivity contribution in [3.05, 3.63) is 59.7 Å². The number of carbonyl (C=O) groups is 3. The molecule has 2 saturated carbocycles. The average molecular weight is 449 g/mol. The Balaban J connectivity index is 1.14. The third kappa shape index (κ3) is 3.96. The predicted octanol–water partition coefficient (Wildman–Crippen LogP) is 3.53. The molecule has 2 fully saturated rings. The molecule has 0 aromatic heterocycles. The number of aliphatic carboxylic acids is 1. The van der Waals surface area contributed by atoms with Gasteiger partial charge in [-0.2, -0.15) is 0 Å². The van der Waals surface area contributed by atoms with Crippen LogP contribution in [0.15, 0.2) is 48.5 Å². The van der Waals surface area contributed by atoms with Crippen molar-refractivity contribution in [2.24, 2.45) is 17.8 Å². The Kier molecular flexibility index (Phi) is 5.56. The summed E-state index contributed by atoms with van der Waals surface area (Å²) in [4.78, 5) is 35.9. The van der Waals surface area contributed by atoms with Crippen LogP contribution >= 0.6 is 0 Å². The number of hydrogen-bond donors (Lipinski definition) is 3. The second-order valence-electron chi connectivity index (χ2n) is 9.47. The summed E-state index contributed by atoms with van der Waals surface area (Å²) >= 11 is 0. The molecule has 7 nitrogen and oxygen atoms in total. The first-order valence-corrected chi connectivity index (χ1v) is 11.6. The first-order valence-electron chi connectivity index (χ1n) is 11.6. The van der Waals surface area contributed by atoms with Gasteiger partial charge >= 0.3 is 12.1 Å². The second-order valence-corrected chi connectivity index (χ2v) is 9.47. The molecule has 3 aliphatic rings. The van der Waals surface area contributed by atoms with Crippen LogP contribution in [0.25, 0.3) is 11.1 Å². The molecule has 0 heterocycles. The maximum atomic E-state index is 12.6. The van der Waals surface area contributed by atoms with Crippen molar-refractivity contribution < 1.29 is 24.2 Å². The zero-order chi connectivity index (χ0) is 23.1. The molecule has 0 spiro atoms. The summed E-state index contributed by atoms with van der Waals surface area (Å²) in [5.74, 6) is -0.802.